The van der Waals surface area contributed by atoms with Gasteiger partial charge in [-0.05, 0) is 13.8 Å². The summed E-state index contributed by atoms with van der Waals surface area (Å²) in [7, 11) is 1.84. The molecule has 5 nitrogen and oxygen atoms in total. The number of carbonyl (C=O) groups is 1. The molecule has 0 fully saturated rings. The minimum atomic E-state index is -0.116. The van der Waals surface area contributed by atoms with Gasteiger partial charge in [0.2, 0.25) is 5.91 Å². The van der Waals surface area contributed by atoms with Gasteiger partial charge in [0.05, 0.1) is 30.2 Å². The second kappa shape index (κ2) is 5.33. The molecule has 1 rings (SSSR count). The van der Waals surface area contributed by atoms with Crippen molar-refractivity contribution >= 4 is 11.6 Å². The maximum atomic E-state index is 11.5. The maximum Gasteiger partial charge on any atom is 0.238 e. The number of terminal acetylenes is 1. The van der Waals surface area contributed by atoms with Crippen LogP contribution in [0.15, 0.2) is 0 Å². The summed E-state index contributed by atoms with van der Waals surface area (Å²) in [6.45, 7) is 4.36. The lowest BCUT2D eigenvalue weighted by Gasteiger charge is -2.05. The van der Waals surface area contributed by atoms with Gasteiger partial charge in [-0.25, -0.2) is 0 Å². The van der Waals surface area contributed by atoms with Crippen molar-refractivity contribution in [1.82, 2.24) is 15.1 Å². The van der Waals surface area contributed by atoms with Crippen molar-refractivity contribution in [2.75, 3.05) is 18.4 Å². The van der Waals surface area contributed by atoms with Crippen molar-refractivity contribution in [3.05, 3.63) is 11.4 Å². The van der Waals surface area contributed by atoms with E-state index in [4.69, 9.17) is 6.42 Å². The van der Waals surface area contributed by atoms with Crippen molar-refractivity contribution in [3.8, 4) is 12.3 Å². The summed E-state index contributed by atoms with van der Waals surface area (Å²) in [5, 5.41) is 9.84. The molecule has 0 aliphatic rings. The molecule has 0 spiro atoms. The molecular formula is C11H16N4O. The molecule has 16 heavy (non-hydrogen) atoms. The van der Waals surface area contributed by atoms with Gasteiger partial charge in [0.25, 0.3) is 0 Å². The number of anilines is 1. The number of carbonyl (C=O) groups excluding carboxylic acids is 1. The average Bonchev–Trinajstić information content (AvgIpc) is 2.46. The predicted molar refractivity (Wildman–Crippen MR) is 63.0 cm³/mol. The third kappa shape index (κ3) is 2.84. The zero-order valence-electron chi connectivity index (χ0n) is 9.79. The van der Waals surface area contributed by atoms with E-state index in [-0.39, 0.29) is 12.5 Å². The Labute approximate surface area is 95.2 Å². The van der Waals surface area contributed by atoms with E-state index in [1.807, 2.05) is 20.9 Å². The normalized spacial score (nSPS) is 9.88. The molecule has 0 radical (unpaired) electrons. The topological polar surface area (TPSA) is 59.0 Å². The number of nitrogens with zero attached hydrogens (tertiary/aromatic N) is 2. The van der Waals surface area contributed by atoms with Gasteiger partial charge in [0, 0.05) is 7.05 Å². The van der Waals surface area contributed by atoms with Crippen LogP contribution < -0.4 is 10.6 Å². The molecule has 0 aliphatic carbocycles. The van der Waals surface area contributed by atoms with E-state index >= 15 is 0 Å². The maximum absolute atomic E-state index is 11.5. The summed E-state index contributed by atoms with van der Waals surface area (Å²) in [4.78, 5) is 11.5. The van der Waals surface area contributed by atoms with Gasteiger partial charge in [-0.2, -0.15) is 5.10 Å². The first-order valence-electron chi connectivity index (χ1n) is 5.00. The van der Waals surface area contributed by atoms with Crippen LogP contribution in [-0.2, 0) is 11.8 Å². The van der Waals surface area contributed by atoms with Crippen LogP contribution in [0.5, 0.6) is 0 Å². The molecule has 0 aromatic carbocycles. The highest BCUT2D eigenvalue weighted by molar-refractivity contribution is 5.93. The van der Waals surface area contributed by atoms with E-state index in [1.165, 1.54) is 0 Å². The molecule has 1 aromatic rings. The van der Waals surface area contributed by atoms with Crippen molar-refractivity contribution in [1.29, 1.82) is 0 Å². The largest absolute Gasteiger partial charge is 0.322 e. The fraction of sp³-hybridized carbons (Fsp3) is 0.455. The number of rotatable bonds is 4. The van der Waals surface area contributed by atoms with Crippen LogP contribution in [-0.4, -0.2) is 28.8 Å². The van der Waals surface area contributed by atoms with Crippen LogP contribution in [0, 0.1) is 26.2 Å². The molecule has 0 atom stereocenters. The third-order valence-electron chi connectivity index (χ3n) is 2.29. The van der Waals surface area contributed by atoms with Crippen molar-refractivity contribution in [2.24, 2.45) is 7.05 Å². The molecule has 0 aliphatic heterocycles. The Morgan fingerprint density at radius 3 is 2.75 bits per heavy atom. The number of aromatic nitrogens is 2. The molecule has 0 saturated carbocycles. The average molecular weight is 220 g/mol. The Morgan fingerprint density at radius 2 is 2.25 bits per heavy atom. The second-order valence-corrected chi connectivity index (χ2v) is 3.53. The van der Waals surface area contributed by atoms with Crippen LogP contribution in [0.2, 0.25) is 0 Å². The van der Waals surface area contributed by atoms with Crippen LogP contribution in [0.25, 0.3) is 0 Å². The van der Waals surface area contributed by atoms with Crippen LogP contribution >= 0.6 is 0 Å². The van der Waals surface area contributed by atoms with E-state index in [1.54, 1.807) is 4.68 Å². The third-order valence-corrected chi connectivity index (χ3v) is 2.29. The fourth-order valence-corrected chi connectivity index (χ4v) is 1.39. The standard InChI is InChI=1S/C11H16N4O/c1-5-6-12-7-10(16)13-11-8(2)14-15(4)9(11)3/h1,12H,6-7H2,2-4H3,(H,13,16). The minimum absolute atomic E-state index is 0.116. The smallest absolute Gasteiger partial charge is 0.238 e. The fourth-order valence-electron chi connectivity index (χ4n) is 1.39. The first-order chi connectivity index (χ1) is 7.56. The van der Waals surface area contributed by atoms with E-state index in [9.17, 15) is 4.79 Å². The Balaban J connectivity index is 2.60. The lowest BCUT2D eigenvalue weighted by molar-refractivity contribution is -0.115. The van der Waals surface area contributed by atoms with Gasteiger partial charge in [0.1, 0.15) is 0 Å². The molecule has 0 bridgehead atoms. The van der Waals surface area contributed by atoms with Gasteiger partial charge in [-0.3, -0.25) is 14.8 Å². The second-order valence-electron chi connectivity index (χ2n) is 3.53. The molecule has 1 aromatic heterocycles. The Bertz CT molecular complexity index is 428. The number of nitrogens with one attached hydrogen (secondary N) is 2. The lowest BCUT2D eigenvalue weighted by atomic mass is 10.3. The van der Waals surface area contributed by atoms with Gasteiger partial charge in [-0.1, -0.05) is 5.92 Å². The summed E-state index contributed by atoms with van der Waals surface area (Å²) in [6.07, 6.45) is 5.06. The van der Waals surface area contributed by atoms with Gasteiger partial charge < -0.3 is 5.32 Å². The summed E-state index contributed by atoms with van der Waals surface area (Å²) < 4.78 is 1.74. The molecule has 86 valence electrons. The highest BCUT2D eigenvalue weighted by Crippen LogP contribution is 2.17. The summed E-state index contributed by atoms with van der Waals surface area (Å²) in [5.74, 6) is 2.29. The van der Waals surface area contributed by atoms with Gasteiger partial charge in [0.15, 0.2) is 0 Å². The Kier molecular flexibility index (Phi) is 4.09. The zero-order valence-corrected chi connectivity index (χ0v) is 9.79. The highest BCUT2D eigenvalue weighted by Gasteiger charge is 2.11. The zero-order chi connectivity index (χ0) is 12.1. The SMILES string of the molecule is C#CCNCC(=O)Nc1c(C)nn(C)c1C. The number of aryl methyl sites for hydroxylation is 2. The molecule has 2 N–H and O–H groups in total. The molecule has 5 heteroatoms. The first kappa shape index (κ1) is 12.3. The van der Waals surface area contributed by atoms with E-state index in [0.717, 1.165) is 17.1 Å². The predicted octanol–water partition coefficient (Wildman–Crippen LogP) is 0.198. The number of hydrogen-bond acceptors (Lipinski definition) is 3. The summed E-state index contributed by atoms with van der Waals surface area (Å²) in [5.41, 5.74) is 2.52. The van der Waals surface area contributed by atoms with Crippen LogP contribution in [0.4, 0.5) is 5.69 Å². The van der Waals surface area contributed by atoms with Crippen molar-refractivity contribution in [2.45, 2.75) is 13.8 Å². The Morgan fingerprint density at radius 1 is 1.56 bits per heavy atom. The summed E-state index contributed by atoms with van der Waals surface area (Å²) in [6, 6.07) is 0. The van der Waals surface area contributed by atoms with Crippen LogP contribution in [0.1, 0.15) is 11.4 Å². The van der Waals surface area contributed by atoms with Crippen molar-refractivity contribution < 1.29 is 4.79 Å². The van der Waals surface area contributed by atoms with E-state index in [0.29, 0.717) is 6.54 Å². The Hall–Kier alpha value is -1.80. The van der Waals surface area contributed by atoms with E-state index in [2.05, 4.69) is 21.7 Å². The quantitative estimate of drug-likeness (QED) is 0.563. The minimum Gasteiger partial charge on any atom is -0.322 e. The number of amides is 1. The summed E-state index contributed by atoms with van der Waals surface area (Å²) >= 11 is 0. The van der Waals surface area contributed by atoms with Crippen molar-refractivity contribution in [3.63, 3.8) is 0 Å². The first-order valence-corrected chi connectivity index (χ1v) is 5.00. The van der Waals surface area contributed by atoms with E-state index < -0.39 is 0 Å². The van der Waals surface area contributed by atoms with Gasteiger partial charge >= 0.3 is 0 Å². The molecule has 0 unspecified atom stereocenters. The molecule has 1 heterocycles. The molecule has 1 amide bonds. The highest BCUT2D eigenvalue weighted by atomic mass is 16.1. The number of hydrogen-bond donors (Lipinski definition) is 2. The lowest BCUT2D eigenvalue weighted by Crippen LogP contribution is -2.28. The van der Waals surface area contributed by atoms with Crippen LogP contribution in [0.3, 0.4) is 0 Å². The monoisotopic (exact) mass is 220 g/mol. The molecular weight excluding hydrogens is 204 g/mol. The molecule has 0 saturated heterocycles. The van der Waals surface area contributed by atoms with Gasteiger partial charge in [-0.15, -0.1) is 6.42 Å².